The van der Waals surface area contributed by atoms with Crippen molar-refractivity contribution in [3.8, 4) is 40.5 Å². The third-order valence-corrected chi connectivity index (χ3v) is 4.25. The highest BCUT2D eigenvalue weighted by Crippen LogP contribution is 2.32. The highest BCUT2D eigenvalue weighted by molar-refractivity contribution is 5.66. The Bertz CT molecular complexity index is 1220. The summed E-state index contributed by atoms with van der Waals surface area (Å²) in [6.45, 7) is 2.13. The Hall–Kier alpha value is -4.22. The smallest absolute Gasteiger partial charge is 0.223 e. The fraction of sp³-hybridized carbons (Fsp3) is 0.0909. The van der Waals surface area contributed by atoms with Gasteiger partial charge in [-0.05, 0) is 37.3 Å². The van der Waals surface area contributed by atoms with Crippen molar-refractivity contribution in [2.75, 3.05) is 0 Å². The van der Waals surface area contributed by atoms with Gasteiger partial charge in [0.1, 0.15) is 11.6 Å². The maximum Gasteiger partial charge on any atom is 0.223 e. The van der Waals surface area contributed by atoms with E-state index in [9.17, 15) is 5.26 Å². The van der Waals surface area contributed by atoms with Crippen LogP contribution in [0, 0.1) is 18.3 Å². The van der Waals surface area contributed by atoms with Crippen molar-refractivity contribution in [2.45, 2.75) is 13.5 Å². The second-order valence-corrected chi connectivity index (χ2v) is 6.40. The molecule has 8 heteroatoms. The number of rotatable bonds is 5. The molecule has 0 saturated carbocycles. The van der Waals surface area contributed by atoms with Gasteiger partial charge in [-0.1, -0.05) is 6.07 Å². The summed E-state index contributed by atoms with van der Waals surface area (Å²) in [5.41, 5.74) is 8.87. The van der Waals surface area contributed by atoms with Crippen LogP contribution in [0.3, 0.4) is 0 Å². The van der Waals surface area contributed by atoms with E-state index in [1.807, 2.05) is 18.2 Å². The standard InChI is InChI=1S/C22H17N7O/c1-14-28-19(18-4-2-3-7-25-18)9-21(29-14)30-20-8-15(10-23)5-6-17(20)22-26-12-16(11-24)13-27-22/h2-9,12-13H,11,24H2,1H3. The molecule has 30 heavy (non-hydrogen) atoms. The topological polar surface area (TPSA) is 123 Å². The van der Waals surface area contributed by atoms with Gasteiger partial charge < -0.3 is 10.5 Å². The summed E-state index contributed by atoms with van der Waals surface area (Å²) in [6.07, 6.45) is 5.03. The molecule has 4 rings (SSSR count). The van der Waals surface area contributed by atoms with Crippen molar-refractivity contribution in [1.82, 2.24) is 24.9 Å². The molecule has 3 heterocycles. The number of hydrogen-bond donors (Lipinski definition) is 1. The number of pyridine rings is 1. The number of nitrogens with two attached hydrogens (primary N) is 1. The number of nitrogens with zero attached hydrogens (tertiary/aromatic N) is 6. The van der Waals surface area contributed by atoms with E-state index in [0.717, 1.165) is 5.56 Å². The van der Waals surface area contributed by atoms with Crippen molar-refractivity contribution >= 4 is 0 Å². The zero-order valence-corrected chi connectivity index (χ0v) is 16.1. The molecule has 0 atom stereocenters. The van der Waals surface area contributed by atoms with Gasteiger partial charge in [0, 0.05) is 36.8 Å². The molecule has 4 aromatic rings. The molecule has 0 unspecified atom stereocenters. The Labute approximate surface area is 173 Å². The number of hydrogen-bond acceptors (Lipinski definition) is 8. The number of ether oxygens (including phenoxy) is 1. The van der Waals surface area contributed by atoms with Crippen LogP contribution >= 0.6 is 0 Å². The number of nitriles is 1. The number of aromatic nitrogens is 5. The van der Waals surface area contributed by atoms with E-state index in [1.165, 1.54) is 0 Å². The van der Waals surface area contributed by atoms with Gasteiger partial charge in [-0.3, -0.25) is 4.98 Å². The van der Waals surface area contributed by atoms with Crippen molar-refractivity contribution in [3.63, 3.8) is 0 Å². The van der Waals surface area contributed by atoms with Gasteiger partial charge in [-0.25, -0.2) is 15.0 Å². The Morgan fingerprint density at radius 1 is 1.00 bits per heavy atom. The normalized spacial score (nSPS) is 10.4. The summed E-state index contributed by atoms with van der Waals surface area (Å²) < 4.78 is 6.07. The van der Waals surface area contributed by atoms with E-state index in [4.69, 9.17) is 10.5 Å². The second kappa shape index (κ2) is 8.43. The highest BCUT2D eigenvalue weighted by atomic mass is 16.5. The van der Waals surface area contributed by atoms with Gasteiger partial charge in [0.05, 0.1) is 28.6 Å². The zero-order valence-electron chi connectivity index (χ0n) is 16.1. The quantitative estimate of drug-likeness (QED) is 0.545. The van der Waals surface area contributed by atoms with Gasteiger partial charge >= 0.3 is 0 Å². The molecule has 0 bridgehead atoms. The molecule has 0 aliphatic rings. The largest absolute Gasteiger partial charge is 0.438 e. The van der Waals surface area contributed by atoms with Gasteiger partial charge in [0.15, 0.2) is 5.82 Å². The minimum atomic E-state index is 0.332. The molecule has 0 fully saturated rings. The molecule has 3 aromatic heterocycles. The molecule has 0 radical (unpaired) electrons. The fourth-order valence-electron chi connectivity index (χ4n) is 2.81. The van der Waals surface area contributed by atoms with Crippen LogP contribution in [0.25, 0.3) is 22.8 Å². The Balaban J connectivity index is 1.75. The van der Waals surface area contributed by atoms with Gasteiger partial charge in [-0.15, -0.1) is 0 Å². The van der Waals surface area contributed by atoms with E-state index in [-0.39, 0.29) is 0 Å². The zero-order chi connectivity index (χ0) is 20.9. The molecule has 0 spiro atoms. The van der Waals surface area contributed by atoms with E-state index in [1.54, 1.807) is 49.8 Å². The van der Waals surface area contributed by atoms with Crippen molar-refractivity contribution in [1.29, 1.82) is 5.26 Å². The fourth-order valence-corrected chi connectivity index (χ4v) is 2.81. The van der Waals surface area contributed by atoms with E-state index < -0.39 is 0 Å². The van der Waals surface area contributed by atoms with Gasteiger partial charge in [0.25, 0.3) is 0 Å². The molecule has 1 aromatic carbocycles. The van der Waals surface area contributed by atoms with E-state index >= 15 is 0 Å². The molecule has 0 aliphatic carbocycles. The third-order valence-electron chi connectivity index (χ3n) is 4.25. The summed E-state index contributed by atoms with van der Waals surface area (Å²) in [5.74, 6) is 1.75. The lowest BCUT2D eigenvalue weighted by molar-refractivity contribution is 0.461. The monoisotopic (exact) mass is 395 g/mol. The number of benzene rings is 1. The first kappa shape index (κ1) is 19.1. The molecule has 0 aliphatic heterocycles. The first-order valence-electron chi connectivity index (χ1n) is 9.16. The van der Waals surface area contributed by atoms with Crippen LogP contribution in [-0.2, 0) is 6.54 Å². The molecule has 8 nitrogen and oxygen atoms in total. The maximum absolute atomic E-state index is 9.31. The van der Waals surface area contributed by atoms with Crippen molar-refractivity contribution in [3.05, 3.63) is 78.0 Å². The van der Waals surface area contributed by atoms with Crippen LogP contribution in [0.2, 0.25) is 0 Å². The number of aryl methyl sites for hydroxylation is 1. The lowest BCUT2D eigenvalue weighted by Gasteiger charge is -2.12. The molecule has 2 N–H and O–H groups in total. The minimum Gasteiger partial charge on any atom is -0.438 e. The summed E-state index contributed by atoms with van der Waals surface area (Å²) >= 11 is 0. The SMILES string of the molecule is Cc1nc(Oc2cc(C#N)ccc2-c2ncc(CN)cn2)cc(-c2ccccn2)n1. The highest BCUT2D eigenvalue weighted by Gasteiger charge is 2.14. The Kier molecular flexibility index (Phi) is 5.37. The van der Waals surface area contributed by atoms with E-state index in [0.29, 0.717) is 52.3 Å². The van der Waals surface area contributed by atoms with Crippen molar-refractivity contribution in [2.24, 2.45) is 5.73 Å². The Morgan fingerprint density at radius 2 is 1.83 bits per heavy atom. The third kappa shape index (κ3) is 4.11. The van der Waals surface area contributed by atoms with Crippen LogP contribution in [0.15, 0.2) is 61.1 Å². The van der Waals surface area contributed by atoms with Crippen LogP contribution in [0.4, 0.5) is 0 Å². The van der Waals surface area contributed by atoms with E-state index in [2.05, 4.69) is 31.0 Å². The predicted molar refractivity (Wildman–Crippen MR) is 110 cm³/mol. The van der Waals surface area contributed by atoms with Gasteiger partial charge in [-0.2, -0.15) is 10.2 Å². The lowest BCUT2D eigenvalue weighted by atomic mass is 10.1. The second-order valence-electron chi connectivity index (χ2n) is 6.40. The Morgan fingerprint density at radius 3 is 2.53 bits per heavy atom. The molecular weight excluding hydrogens is 378 g/mol. The maximum atomic E-state index is 9.31. The summed E-state index contributed by atoms with van der Waals surface area (Å²) in [4.78, 5) is 21.9. The first-order chi connectivity index (χ1) is 14.7. The molecule has 0 amide bonds. The summed E-state index contributed by atoms with van der Waals surface area (Å²) in [6, 6.07) is 14.5. The van der Waals surface area contributed by atoms with Crippen LogP contribution in [0.1, 0.15) is 17.0 Å². The first-order valence-corrected chi connectivity index (χ1v) is 9.16. The molecule has 146 valence electrons. The molecular formula is C22H17N7O. The van der Waals surface area contributed by atoms with Crippen molar-refractivity contribution < 1.29 is 4.74 Å². The summed E-state index contributed by atoms with van der Waals surface area (Å²) in [7, 11) is 0. The lowest BCUT2D eigenvalue weighted by Crippen LogP contribution is -2.01. The predicted octanol–water partition coefficient (Wildman–Crippen LogP) is 3.43. The minimum absolute atomic E-state index is 0.332. The van der Waals surface area contributed by atoms with Crippen LogP contribution in [-0.4, -0.2) is 24.9 Å². The molecule has 0 saturated heterocycles. The summed E-state index contributed by atoms with van der Waals surface area (Å²) in [5, 5.41) is 9.31. The van der Waals surface area contributed by atoms with Gasteiger partial charge in [0.2, 0.25) is 5.88 Å². The van der Waals surface area contributed by atoms with Crippen LogP contribution < -0.4 is 10.5 Å². The van der Waals surface area contributed by atoms with Crippen LogP contribution in [0.5, 0.6) is 11.6 Å². The average Bonchev–Trinajstić information content (AvgIpc) is 2.79. The average molecular weight is 395 g/mol.